The molecular weight excluding hydrogens is 523 g/mol. The van der Waals surface area contributed by atoms with E-state index < -0.39 is 33.9 Å². The van der Waals surface area contributed by atoms with Gasteiger partial charge in [0.2, 0.25) is 10.0 Å². The van der Waals surface area contributed by atoms with Gasteiger partial charge in [0.25, 0.3) is 5.91 Å². The number of rotatable bonds is 6. The Morgan fingerprint density at radius 1 is 1.08 bits per heavy atom. The number of amides is 1. The first-order valence-electron chi connectivity index (χ1n) is 11.6. The SMILES string of the molecule is CN(C)C(=O)c1cc(-c2ccc(S(=O)(=O)N3CC[C@@H](Nc4ccc(C(F)(F)F)cn4)[C@@H](O)C3)cc2)ccn1. The van der Waals surface area contributed by atoms with Gasteiger partial charge in [-0.3, -0.25) is 9.78 Å². The molecule has 4 rings (SSSR count). The van der Waals surface area contributed by atoms with Crippen LogP contribution in [-0.2, 0) is 16.2 Å². The Balaban J connectivity index is 1.43. The van der Waals surface area contributed by atoms with Crippen molar-refractivity contribution in [3.8, 4) is 11.1 Å². The maximum Gasteiger partial charge on any atom is 0.417 e. The van der Waals surface area contributed by atoms with Gasteiger partial charge in [-0.05, 0) is 53.9 Å². The van der Waals surface area contributed by atoms with Gasteiger partial charge in [0, 0.05) is 39.6 Å². The Hall–Kier alpha value is -3.55. The molecule has 202 valence electrons. The number of hydrogen-bond donors (Lipinski definition) is 2. The van der Waals surface area contributed by atoms with E-state index in [2.05, 4.69) is 15.3 Å². The summed E-state index contributed by atoms with van der Waals surface area (Å²) in [6.45, 7) is -0.0947. The minimum atomic E-state index is -4.50. The number of aromatic nitrogens is 2. The van der Waals surface area contributed by atoms with Crippen LogP contribution in [0, 0.1) is 0 Å². The van der Waals surface area contributed by atoms with Crippen LogP contribution in [0.4, 0.5) is 19.0 Å². The summed E-state index contributed by atoms with van der Waals surface area (Å²) in [6, 6.07) is 11.0. The monoisotopic (exact) mass is 549 g/mol. The topological polar surface area (TPSA) is 116 Å². The van der Waals surface area contributed by atoms with E-state index in [0.29, 0.717) is 17.3 Å². The van der Waals surface area contributed by atoms with Crippen molar-refractivity contribution in [2.75, 3.05) is 32.5 Å². The number of nitrogens with zero attached hydrogens (tertiary/aromatic N) is 4. The number of nitrogens with one attached hydrogen (secondary N) is 1. The van der Waals surface area contributed by atoms with Gasteiger partial charge >= 0.3 is 6.18 Å². The highest BCUT2D eigenvalue weighted by atomic mass is 32.2. The second kappa shape index (κ2) is 10.7. The van der Waals surface area contributed by atoms with Gasteiger partial charge in [0.15, 0.2) is 0 Å². The Morgan fingerprint density at radius 2 is 1.79 bits per heavy atom. The van der Waals surface area contributed by atoms with Crippen LogP contribution in [0.3, 0.4) is 0 Å². The van der Waals surface area contributed by atoms with Crippen molar-refractivity contribution in [2.24, 2.45) is 0 Å². The number of piperidine rings is 1. The summed E-state index contributed by atoms with van der Waals surface area (Å²) in [4.78, 5) is 21.5. The summed E-state index contributed by atoms with van der Waals surface area (Å²) in [5.74, 6) is -0.0999. The first-order valence-corrected chi connectivity index (χ1v) is 13.1. The van der Waals surface area contributed by atoms with Gasteiger partial charge in [0.05, 0.1) is 22.6 Å². The fourth-order valence-corrected chi connectivity index (χ4v) is 5.52. The first kappa shape index (κ1) is 27.5. The van der Waals surface area contributed by atoms with E-state index in [4.69, 9.17) is 0 Å². The largest absolute Gasteiger partial charge is 0.417 e. The number of alkyl halides is 3. The molecule has 0 radical (unpaired) electrons. The average Bonchev–Trinajstić information content (AvgIpc) is 2.89. The Bertz CT molecular complexity index is 1400. The third-order valence-electron chi connectivity index (χ3n) is 6.18. The second-order valence-corrected chi connectivity index (χ2v) is 11.0. The van der Waals surface area contributed by atoms with Gasteiger partial charge in [-0.2, -0.15) is 17.5 Å². The highest BCUT2D eigenvalue weighted by Crippen LogP contribution is 2.30. The molecule has 38 heavy (non-hydrogen) atoms. The molecule has 1 aliphatic rings. The minimum Gasteiger partial charge on any atom is -0.390 e. The molecule has 1 saturated heterocycles. The molecule has 3 heterocycles. The molecule has 1 fully saturated rings. The molecule has 1 aromatic carbocycles. The predicted molar refractivity (Wildman–Crippen MR) is 134 cm³/mol. The molecule has 9 nitrogen and oxygen atoms in total. The minimum absolute atomic E-state index is 0.0444. The number of carbonyl (C=O) groups excluding carboxylic acids is 1. The molecule has 3 aromatic rings. The van der Waals surface area contributed by atoms with Crippen LogP contribution in [-0.4, -0.2) is 77.9 Å². The van der Waals surface area contributed by atoms with Gasteiger partial charge in [0.1, 0.15) is 11.5 Å². The van der Waals surface area contributed by atoms with Crippen LogP contribution in [0.5, 0.6) is 0 Å². The number of aliphatic hydroxyl groups is 1. The molecular formula is C25H26F3N5O4S. The Labute approximate surface area is 218 Å². The molecule has 13 heteroatoms. The number of pyridine rings is 2. The molecule has 2 N–H and O–H groups in total. The van der Waals surface area contributed by atoms with Crippen molar-refractivity contribution in [2.45, 2.75) is 29.6 Å². The molecule has 0 spiro atoms. The van der Waals surface area contributed by atoms with E-state index in [-0.39, 0.29) is 41.8 Å². The van der Waals surface area contributed by atoms with Crippen molar-refractivity contribution < 1.29 is 31.5 Å². The summed E-state index contributed by atoms with van der Waals surface area (Å²) in [5.41, 5.74) is 0.780. The van der Waals surface area contributed by atoms with Crippen LogP contribution < -0.4 is 5.32 Å². The highest BCUT2D eigenvalue weighted by Gasteiger charge is 2.35. The molecule has 2 atom stereocenters. The Morgan fingerprint density at radius 3 is 2.37 bits per heavy atom. The van der Waals surface area contributed by atoms with Crippen molar-refractivity contribution in [1.82, 2.24) is 19.2 Å². The zero-order valence-electron chi connectivity index (χ0n) is 20.6. The van der Waals surface area contributed by atoms with Gasteiger partial charge in [-0.25, -0.2) is 13.4 Å². The summed E-state index contributed by atoms with van der Waals surface area (Å²) < 4.78 is 65.8. The van der Waals surface area contributed by atoms with Crippen LogP contribution >= 0.6 is 0 Å². The standard InChI is InChI=1S/C25H26F3N5O4S/c1-32(2)24(35)21-13-17(9-11-29-21)16-3-6-19(7-4-16)38(36,37)33-12-10-20(22(34)15-33)31-23-8-5-18(14-30-23)25(26,27)28/h3-9,11,13-14,20,22,34H,10,12,15H2,1-2H3,(H,30,31)/t20-,22+/m1/s1. The zero-order chi connectivity index (χ0) is 27.7. The van der Waals surface area contributed by atoms with Crippen molar-refractivity contribution in [3.63, 3.8) is 0 Å². The number of aliphatic hydroxyl groups excluding tert-OH is 1. The quantitative estimate of drug-likeness (QED) is 0.486. The number of benzene rings is 1. The number of anilines is 1. The van der Waals surface area contributed by atoms with E-state index in [9.17, 15) is 31.5 Å². The summed E-state index contributed by atoms with van der Waals surface area (Å²) in [6.07, 6.45) is -3.18. The van der Waals surface area contributed by atoms with E-state index in [0.717, 1.165) is 6.07 Å². The number of sulfonamides is 1. The summed E-state index contributed by atoms with van der Waals surface area (Å²) >= 11 is 0. The first-order chi connectivity index (χ1) is 17.9. The van der Waals surface area contributed by atoms with Crippen LogP contribution in [0.25, 0.3) is 11.1 Å². The molecule has 1 aliphatic heterocycles. The average molecular weight is 550 g/mol. The lowest BCUT2D eigenvalue weighted by molar-refractivity contribution is -0.137. The van der Waals surface area contributed by atoms with E-state index >= 15 is 0 Å². The van der Waals surface area contributed by atoms with Crippen LogP contribution in [0.1, 0.15) is 22.5 Å². The van der Waals surface area contributed by atoms with Crippen molar-refractivity contribution in [1.29, 1.82) is 0 Å². The van der Waals surface area contributed by atoms with Gasteiger partial charge < -0.3 is 15.3 Å². The van der Waals surface area contributed by atoms with Gasteiger partial charge in [-0.15, -0.1) is 0 Å². The number of carbonyl (C=O) groups is 1. The summed E-state index contributed by atoms with van der Waals surface area (Å²) in [5, 5.41) is 13.5. The number of halogens is 3. The third-order valence-corrected chi connectivity index (χ3v) is 8.06. The predicted octanol–water partition coefficient (Wildman–Crippen LogP) is 3.10. The molecule has 2 aromatic heterocycles. The lowest BCUT2D eigenvalue weighted by Gasteiger charge is -2.35. The lowest BCUT2D eigenvalue weighted by atomic mass is 10.0. The maximum atomic E-state index is 13.2. The van der Waals surface area contributed by atoms with Crippen LogP contribution in [0.15, 0.2) is 65.8 Å². The molecule has 0 bridgehead atoms. The third kappa shape index (κ3) is 5.95. The second-order valence-electron chi connectivity index (χ2n) is 9.05. The van der Waals surface area contributed by atoms with E-state index in [1.165, 1.54) is 33.6 Å². The molecule has 0 saturated carbocycles. The lowest BCUT2D eigenvalue weighted by Crippen LogP contribution is -2.51. The van der Waals surface area contributed by atoms with E-state index in [1.807, 2.05) is 0 Å². The van der Waals surface area contributed by atoms with Crippen LogP contribution in [0.2, 0.25) is 0 Å². The molecule has 0 aliphatic carbocycles. The van der Waals surface area contributed by atoms with Crippen molar-refractivity contribution >= 4 is 21.7 Å². The maximum absolute atomic E-state index is 13.2. The summed E-state index contributed by atoms with van der Waals surface area (Å²) in [7, 11) is -0.668. The molecule has 0 unspecified atom stereocenters. The fourth-order valence-electron chi connectivity index (χ4n) is 4.05. The smallest absolute Gasteiger partial charge is 0.390 e. The van der Waals surface area contributed by atoms with Crippen molar-refractivity contribution in [3.05, 3.63) is 72.2 Å². The zero-order valence-corrected chi connectivity index (χ0v) is 21.4. The normalized spacial score (nSPS) is 18.7. The fraction of sp³-hybridized carbons (Fsp3) is 0.320. The number of hydrogen-bond acceptors (Lipinski definition) is 7. The Kier molecular flexibility index (Phi) is 7.72. The highest BCUT2D eigenvalue weighted by molar-refractivity contribution is 7.89. The number of β-amino-alcohol motifs (C(OH)–C–C–N with tert-alkyl or cyclic N) is 1. The molecule has 1 amide bonds. The van der Waals surface area contributed by atoms with E-state index in [1.54, 1.807) is 38.4 Å². The van der Waals surface area contributed by atoms with Gasteiger partial charge in [-0.1, -0.05) is 12.1 Å².